The number of anilines is 1. The lowest BCUT2D eigenvalue weighted by Gasteiger charge is -2.12. The number of benzene rings is 2. The number of amides is 3. The van der Waals surface area contributed by atoms with Gasteiger partial charge in [0.05, 0.1) is 11.1 Å². The van der Waals surface area contributed by atoms with E-state index in [1.165, 1.54) is 43.5 Å². The number of imide groups is 1. The Morgan fingerprint density at radius 1 is 1.07 bits per heavy atom. The van der Waals surface area contributed by atoms with Crippen LogP contribution in [0.2, 0.25) is 0 Å². The topological polar surface area (TPSA) is 94.2 Å². The number of nitrogens with zero attached hydrogens (tertiary/aromatic N) is 1. The average molecular weight is 418 g/mol. The van der Waals surface area contributed by atoms with Crippen molar-refractivity contribution in [3.05, 3.63) is 53.1 Å². The molecule has 30 heavy (non-hydrogen) atoms. The van der Waals surface area contributed by atoms with Crippen LogP contribution >= 0.6 is 0 Å². The van der Waals surface area contributed by atoms with E-state index < -0.39 is 24.0 Å². The van der Waals surface area contributed by atoms with Gasteiger partial charge in [0, 0.05) is 37.6 Å². The maximum absolute atomic E-state index is 13.1. The van der Waals surface area contributed by atoms with Gasteiger partial charge >= 0.3 is 6.29 Å². The third-order valence-corrected chi connectivity index (χ3v) is 4.62. The van der Waals surface area contributed by atoms with Crippen LogP contribution in [0, 0.1) is 0 Å². The summed E-state index contributed by atoms with van der Waals surface area (Å²) < 4.78 is 39.8. The Labute approximate surface area is 169 Å². The summed E-state index contributed by atoms with van der Waals surface area (Å²) >= 11 is 0. The maximum Gasteiger partial charge on any atom is 0.586 e. The molecule has 0 fully saturated rings. The number of hydrogen-bond donors (Lipinski definition) is 1. The Morgan fingerprint density at radius 3 is 2.57 bits per heavy atom. The van der Waals surface area contributed by atoms with Crippen molar-refractivity contribution in [2.45, 2.75) is 12.7 Å². The molecular formula is C20H16F2N2O6. The van der Waals surface area contributed by atoms with E-state index >= 15 is 0 Å². The van der Waals surface area contributed by atoms with E-state index in [2.05, 4.69) is 14.8 Å². The van der Waals surface area contributed by atoms with Crippen LogP contribution in [0.1, 0.15) is 37.5 Å². The summed E-state index contributed by atoms with van der Waals surface area (Å²) in [7, 11) is 1.53. The van der Waals surface area contributed by atoms with Gasteiger partial charge in [-0.15, -0.1) is 8.78 Å². The van der Waals surface area contributed by atoms with Crippen LogP contribution in [0.3, 0.4) is 0 Å². The highest BCUT2D eigenvalue weighted by atomic mass is 19.3. The van der Waals surface area contributed by atoms with Crippen molar-refractivity contribution in [1.82, 2.24) is 4.90 Å². The van der Waals surface area contributed by atoms with Gasteiger partial charge in [-0.2, -0.15) is 0 Å². The predicted molar refractivity (Wildman–Crippen MR) is 98.9 cm³/mol. The molecule has 10 heteroatoms. The van der Waals surface area contributed by atoms with Gasteiger partial charge in [-0.05, 0) is 36.8 Å². The molecule has 0 radical (unpaired) electrons. The fourth-order valence-electron chi connectivity index (χ4n) is 3.23. The zero-order valence-corrected chi connectivity index (χ0v) is 15.7. The lowest BCUT2D eigenvalue weighted by atomic mass is 10.1. The second kappa shape index (κ2) is 7.38. The summed E-state index contributed by atoms with van der Waals surface area (Å²) in [6.07, 6.45) is -3.26. The fourth-order valence-corrected chi connectivity index (χ4v) is 3.23. The van der Waals surface area contributed by atoms with Gasteiger partial charge in [-0.1, -0.05) is 0 Å². The predicted octanol–water partition coefficient (Wildman–Crippen LogP) is 2.89. The molecule has 2 aromatic rings. The van der Waals surface area contributed by atoms with Crippen molar-refractivity contribution in [2.75, 3.05) is 25.6 Å². The van der Waals surface area contributed by atoms with Crippen LogP contribution < -0.4 is 14.8 Å². The molecule has 0 unspecified atom stereocenters. The smallest absolute Gasteiger partial charge is 0.395 e. The van der Waals surface area contributed by atoms with Gasteiger partial charge in [0.15, 0.2) is 11.5 Å². The van der Waals surface area contributed by atoms with Gasteiger partial charge in [-0.25, -0.2) is 0 Å². The minimum absolute atomic E-state index is 0.135. The Balaban J connectivity index is 1.50. The highest BCUT2D eigenvalue weighted by Crippen LogP contribution is 2.42. The first-order chi connectivity index (χ1) is 14.3. The number of methoxy groups -OCH3 is 1. The van der Waals surface area contributed by atoms with Crippen molar-refractivity contribution < 1.29 is 37.4 Å². The summed E-state index contributed by atoms with van der Waals surface area (Å²) in [4.78, 5) is 38.6. The first kappa shape index (κ1) is 19.8. The number of hydrogen-bond acceptors (Lipinski definition) is 6. The van der Waals surface area contributed by atoms with Gasteiger partial charge in [0.1, 0.15) is 0 Å². The van der Waals surface area contributed by atoms with Crippen LogP contribution in [-0.4, -0.2) is 49.2 Å². The third-order valence-electron chi connectivity index (χ3n) is 4.62. The maximum atomic E-state index is 13.1. The van der Waals surface area contributed by atoms with E-state index in [1.807, 2.05) is 0 Å². The number of nitrogens with one attached hydrogen (secondary N) is 1. The van der Waals surface area contributed by atoms with Crippen molar-refractivity contribution in [3.63, 3.8) is 0 Å². The molecule has 3 amide bonds. The normalized spacial score (nSPS) is 16.0. The first-order valence-electron chi connectivity index (χ1n) is 8.99. The molecule has 2 heterocycles. The van der Waals surface area contributed by atoms with Gasteiger partial charge in [0.25, 0.3) is 17.7 Å². The lowest BCUT2D eigenvalue weighted by molar-refractivity contribution is -0.286. The van der Waals surface area contributed by atoms with E-state index in [-0.39, 0.29) is 40.4 Å². The summed E-state index contributed by atoms with van der Waals surface area (Å²) in [6, 6.07) is 7.99. The van der Waals surface area contributed by atoms with Gasteiger partial charge < -0.3 is 19.5 Å². The quantitative estimate of drug-likeness (QED) is 0.573. The summed E-state index contributed by atoms with van der Waals surface area (Å²) in [5.41, 5.74) is 0.690. The van der Waals surface area contributed by atoms with E-state index in [9.17, 15) is 23.2 Å². The Kier molecular flexibility index (Phi) is 4.86. The van der Waals surface area contributed by atoms with Crippen LogP contribution in [0.25, 0.3) is 0 Å². The van der Waals surface area contributed by atoms with Crippen molar-refractivity contribution in [1.29, 1.82) is 0 Å². The molecule has 8 nitrogen and oxygen atoms in total. The molecule has 2 aromatic carbocycles. The molecule has 0 saturated heterocycles. The van der Waals surface area contributed by atoms with E-state index in [0.717, 1.165) is 4.90 Å². The Morgan fingerprint density at radius 2 is 1.80 bits per heavy atom. The summed E-state index contributed by atoms with van der Waals surface area (Å²) in [6.45, 7) is 0.617. The molecule has 2 aliphatic rings. The number of halogens is 2. The fraction of sp³-hybridized carbons (Fsp3) is 0.250. The zero-order chi connectivity index (χ0) is 21.5. The molecule has 1 N–H and O–H groups in total. The van der Waals surface area contributed by atoms with Crippen LogP contribution in [0.15, 0.2) is 36.4 Å². The Hall–Kier alpha value is -3.53. The molecular weight excluding hydrogens is 402 g/mol. The molecule has 0 aliphatic carbocycles. The van der Waals surface area contributed by atoms with Gasteiger partial charge in [0.2, 0.25) is 0 Å². The molecule has 0 aromatic heterocycles. The SMILES string of the molecule is COCCCN1C(=O)c2ccc(C(=O)Nc3ccc4c(c3)OC(F)(F)O4)cc2C1=O. The van der Waals surface area contributed by atoms with E-state index in [1.54, 1.807) is 0 Å². The van der Waals surface area contributed by atoms with E-state index in [0.29, 0.717) is 13.0 Å². The van der Waals surface area contributed by atoms with Crippen molar-refractivity contribution in [2.24, 2.45) is 0 Å². The van der Waals surface area contributed by atoms with E-state index in [4.69, 9.17) is 4.74 Å². The molecule has 156 valence electrons. The molecule has 4 rings (SSSR count). The average Bonchev–Trinajstić information content (AvgIpc) is 3.14. The minimum atomic E-state index is -3.76. The van der Waals surface area contributed by atoms with Crippen LogP contribution in [0.5, 0.6) is 11.5 Å². The summed E-state index contributed by atoms with van der Waals surface area (Å²) in [5, 5.41) is 2.54. The van der Waals surface area contributed by atoms with Crippen LogP contribution in [0.4, 0.5) is 14.5 Å². The lowest BCUT2D eigenvalue weighted by Crippen LogP contribution is -2.31. The molecule has 0 spiro atoms. The monoisotopic (exact) mass is 418 g/mol. The second-order valence-corrected chi connectivity index (χ2v) is 6.65. The second-order valence-electron chi connectivity index (χ2n) is 6.65. The zero-order valence-electron chi connectivity index (χ0n) is 15.7. The Bertz CT molecular complexity index is 1060. The van der Waals surface area contributed by atoms with Crippen molar-refractivity contribution >= 4 is 23.4 Å². The standard InChI is InChI=1S/C20H16F2N2O6/c1-28-8-2-7-24-18(26)13-5-3-11(9-14(13)19(24)27)17(25)23-12-4-6-15-16(10-12)30-20(21,22)29-15/h3-6,9-10H,2,7-8H2,1H3,(H,23,25). The number of fused-ring (bicyclic) bond motifs is 2. The highest BCUT2D eigenvalue weighted by Gasteiger charge is 2.43. The number of alkyl halides is 2. The third kappa shape index (κ3) is 3.57. The van der Waals surface area contributed by atoms with Gasteiger partial charge in [-0.3, -0.25) is 19.3 Å². The summed E-state index contributed by atoms with van der Waals surface area (Å²) in [5.74, 6) is -1.84. The number of carbonyl (C=O) groups excluding carboxylic acids is 3. The molecule has 2 aliphatic heterocycles. The first-order valence-corrected chi connectivity index (χ1v) is 8.99. The van der Waals surface area contributed by atoms with Crippen LogP contribution in [-0.2, 0) is 4.74 Å². The molecule has 0 bridgehead atoms. The van der Waals surface area contributed by atoms with Crippen molar-refractivity contribution in [3.8, 4) is 11.5 Å². The molecule has 0 atom stereocenters. The highest BCUT2D eigenvalue weighted by molar-refractivity contribution is 6.22. The number of carbonyl (C=O) groups is 3. The molecule has 0 saturated carbocycles. The minimum Gasteiger partial charge on any atom is -0.395 e. The number of rotatable bonds is 6. The number of ether oxygens (including phenoxy) is 3. The largest absolute Gasteiger partial charge is 0.586 e.